The minimum absolute atomic E-state index is 0.0788. The van der Waals surface area contributed by atoms with E-state index in [0.29, 0.717) is 11.4 Å². The standard InChI is InChI=1S/C22H29N3O2/c1-16-6-5-13-25(15-16)20-11-9-18(10-12-20)17(2)23-22(26)24-19-7-4-8-21(14-19)27-3/h4,7-12,14,16-17H,5-6,13,15H2,1-3H3,(H2,23,24,26)/t16-,17+/m0/s1. The van der Waals surface area contributed by atoms with Crippen molar-refractivity contribution in [3.63, 3.8) is 0 Å². The molecule has 2 aromatic rings. The quantitative estimate of drug-likeness (QED) is 0.797. The maximum Gasteiger partial charge on any atom is 0.319 e. The van der Waals surface area contributed by atoms with E-state index in [9.17, 15) is 4.79 Å². The Hall–Kier alpha value is -2.69. The zero-order valence-corrected chi connectivity index (χ0v) is 16.4. The Morgan fingerprint density at radius 2 is 2.00 bits per heavy atom. The molecule has 0 spiro atoms. The summed E-state index contributed by atoms with van der Waals surface area (Å²) in [7, 11) is 1.61. The molecule has 1 saturated heterocycles. The van der Waals surface area contributed by atoms with Crippen LogP contribution in [0.3, 0.4) is 0 Å². The number of benzene rings is 2. The van der Waals surface area contributed by atoms with Gasteiger partial charge in [-0.1, -0.05) is 25.1 Å². The van der Waals surface area contributed by atoms with E-state index < -0.39 is 0 Å². The fraction of sp³-hybridized carbons (Fsp3) is 0.409. The second-order valence-corrected chi connectivity index (χ2v) is 7.34. The van der Waals surface area contributed by atoms with Gasteiger partial charge >= 0.3 is 6.03 Å². The van der Waals surface area contributed by atoms with Gasteiger partial charge in [-0.25, -0.2) is 4.79 Å². The number of rotatable bonds is 5. The summed E-state index contributed by atoms with van der Waals surface area (Å²) in [6.07, 6.45) is 2.57. The first-order chi connectivity index (χ1) is 13.0. The smallest absolute Gasteiger partial charge is 0.319 e. The molecule has 1 fully saturated rings. The van der Waals surface area contributed by atoms with E-state index in [4.69, 9.17) is 4.74 Å². The zero-order chi connectivity index (χ0) is 19.2. The topological polar surface area (TPSA) is 53.6 Å². The van der Waals surface area contributed by atoms with Crippen molar-refractivity contribution in [2.45, 2.75) is 32.7 Å². The van der Waals surface area contributed by atoms with Gasteiger partial charge in [-0.3, -0.25) is 0 Å². The minimum atomic E-state index is -0.232. The van der Waals surface area contributed by atoms with Crippen LogP contribution in [0.5, 0.6) is 5.75 Å². The van der Waals surface area contributed by atoms with Crippen molar-refractivity contribution in [3.05, 3.63) is 54.1 Å². The van der Waals surface area contributed by atoms with Crippen LogP contribution in [0, 0.1) is 5.92 Å². The molecule has 0 aromatic heterocycles. The van der Waals surface area contributed by atoms with Gasteiger partial charge in [0.15, 0.2) is 0 Å². The Kier molecular flexibility index (Phi) is 6.22. The number of anilines is 2. The van der Waals surface area contributed by atoms with Gasteiger partial charge in [0.05, 0.1) is 13.2 Å². The maximum atomic E-state index is 12.3. The Morgan fingerprint density at radius 1 is 1.22 bits per heavy atom. The van der Waals surface area contributed by atoms with Gasteiger partial charge in [0, 0.05) is 30.5 Å². The van der Waals surface area contributed by atoms with Crippen LogP contribution in [0.1, 0.15) is 38.3 Å². The lowest BCUT2D eigenvalue weighted by molar-refractivity contribution is 0.249. The lowest BCUT2D eigenvalue weighted by atomic mass is 9.99. The van der Waals surface area contributed by atoms with Crippen molar-refractivity contribution >= 4 is 17.4 Å². The molecular formula is C22H29N3O2. The third-order valence-electron chi connectivity index (χ3n) is 5.09. The highest BCUT2D eigenvalue weighted by Gasteiger charge is 2.17. The van der Waals surface area contributed by atoms with Crippen LogP contribution in [-0.4, -0.2) is 26.2 Å². The molecule has 1 aliphatic rings. The molecule has 1 aliphatic heterocycles. The SMILES string of the molecule is COc1cccc(NC(=O)N[C@H](C)c2ccc(N3CCC[C@H](C)C3)cc2)c1. The summed E-state index contributed by atoms with van der Waals surface area (Å²) < 4.78 is 5.18. The molecule has 0 bridgehead atoms. The highest BCUT2D eigenvalue weighted by molar-refractivity contribution is 5.89. The van der Waals surface area contributed by atoms with E-state index in [1.165, 1.54) is 18.5 Å². The molecule has 2 aromatic carbocycles. The number of hydrogen-bond acceptors (Lipinski definition) is 3. The number of urea groups is 1. The summed E-state index contributed by atoms with van der Waals surface area (Å²) in [5, 5.41) is 5.83. The molecule has 5 heteroatoms. The van der Waals surface area contributed by atoms with E-state index >= 15 is 0 Å². The number of carbonyl (C=O) groups excluding carboxylic acids is 1. The van der Waals surface area contributed by atoms with Crippen molar-refractivity contribution in [1.82, 2.24) is 5.32 Å². The monoisotopic (exact) mass is 367 g/mol. The molecule has 2 atom stereocenters. The molecule has 1 heterocycles. The van der Waals surface area contributed by atoms with Crippen molar-refractivity contribution in [2.24, 2.45) is 5.92 Å². The predicted molar refractivity (Wildman–Crippen MR) is 111 cm³/mol. The Labute approximate surface area is 161 Å². The first-order valence-corrected chi connectivity index (χ1v) is 9.61. The number of piperidine rings is 1. The highest BCUT2D eigenvalue weighted by Crippen LogP contribution is 2.24. The Bertz CT molecular complexity index is 760. The average Bonchev–Trinajstić information content (AvgIpc) is 2.68. The fourth-order valence-corrected chi connectivity index (χ4v) is 3.55. The largest absolute Gasteiger partial charge is 0.497 e. The van der Waals surface area contributed by atoms with Gasteiger partial charge in [0.2, 0.25) is 0 Å². The van der Waals surface area contributed by atoms with Crippen LogP contribution in [0.4, 0.5) is 16.2 Å². The molecule has 0 unspecified atom stereocenters. The molecule has 144 valence electrons. The zero-order valence-electron chi connectivity index (χ0n) is 16.4. The summed E-state index contributed by atoms with van der Waals surface area (Å²) in [6.45, 7) is 6.55. The summed E-state index contributed by atoms with van der Waals surface area (Å²) in [6, 6.07) is 15.5. The number of hydrogen-bond donors (Lipinski definition) is 2. The van der Waals surface area contributed by atoms with Crippen LogP contribution in [0.25, 0.3) is 0 Å². The molecule has 0 aliphatic carbocycles. The number of methoxy groups -OCH3 is 1. The third-order valence-corrected chi connectivity index (χ3v) is 5.09. The molecule has 2 N–H and O–H groups in total. The van der Waals surface area contributed by atoms with Gasteiger partial charge in [-0.05, 0) is 55.5 Å². The average molecular weight is 367 g/mol. The van der Waals surface area contributed by atoms with Crippen molar-refractivity contribution in [1.29, 1.82) is 0 Å². The Balaban J connectivity index is 1.57. The summed E-state index contributed by atoms with van der Waals surface area (Å²) in [4.78, 5) is 14.7. The third kappa shape index (κ3) is 5.16. The van der Waals surface area contributed by atoms with Gasteiger partial charge in [0.1, 0.15) is 5.75 Å². The molecule has 0 radical (unpaired) electrons. The van der Waals surface area contributed by atoms with Gasteiger partial charge in [0.25, 0.3) is 0 Å². The van der Waals surface area contributed by atoms with Crippen molar-refractivity contribution < 1.29 is 9.53 Å². The van der Waals surface area contributed by atoms with Crippen molar-refractivity contribution in [2.75, 3.05) is 30.4 Å². The first kappa shape index (κ1) is 19.1. The second kappa shape index (κ2) is 8.80. The molecule has 0 saturated carbocycles. The molecule has 3 rings (SSSR count). The first-order valence-electron chi connectivity index (χ1n) is 9.61. The van der Waals surface area contributed by atoms with Crippen LogP contribution >= 0.6 is 0 Å². The lowest BCUT2D eigenvalue weighted by Gasteiger charge is -2.33. The van der Waals surface area contributed by atoms with E-state index in [2.05, 4.69) is 46.7 Å². The van der Waals surface area contributed by atoms with Gasteiger partial charge < -0.3 is 20.3 Å². The summed E-state index contributed by atoms with van der Waals surface area (Å²) in [5.41, 5.74) is 3.05. The van der Waals surface area contributed by atoms with Crippen LogP contribution in [0.2, 0.25) is 0 Å². The highest BCUT2D eigenvalue weighted by atomic mass is 16.5. The lowest BCUT2D eigenvalue weighted by Crippen LogP contribution is -2.34. The van der Waals surface area contributed by atoms with E-state index in [-0.39, 0.29) is 12.1 Å². The summed E-state index contributed by atoms with van der Waals surface area (Å²) in [5.74, 6) is 1.46. The maximum absolute atomic E-state index is 12.3. The predicted octanol–water partition coefficient (Wildman–Crippen LogP) is 4.81. The number of amides is 2. The van der Waals surface area contributed by atoms with Crippen LogP contribution in [0.15, 0.2) is 48.5 Å². The molecule has 2 amide bonds. The van der Waals surface area contributed by atoms with E-state index in [1.54, 1.807) is 13.2 Å². The van der Waals surface area contributed by atoms with Gasteiger partial charge in [-0.2, -0.15) is 0 Å². The minimum Gasteiger partial charge on any atom is -0.497 e. The molecule has 5 nitrogen and oxygen atoms in total. The number of nitrogens with one attached hydrogen (secondary N) is 2. The van der Waals surface area contributed by atoms with Gasteiger partial charge in [-0.15, -0.1) is 0 Å². The number of nitrogens with zero attached hydrogens (tertiary/aromatic N) is 1. The van der Waals surface area contributed by atoms with E-state index in [1.807, 2.05) is 25.1 Å². The normalized spacial score (nSPS) is 17.9. The second-order valence-electron chi connectivity index (χ2n) is 7.34. The number of ether oxygens (including phenoxy) is 1. The van der Waals surface area contributed by atoms with Crippen molar-refractivity contribution in [3.8, 4) is 5.75 Å². The molecular weight excluding hydrogens is 338 g/mol. The fourth-order valence-electron chi connectivity index (χ4n) is 3.55. The Morgan fingerprint density at radius 3 is 2.70 bits per heavy atom. The number of carbonyl (C=O) groups is 1. The summed E-state index contributed by atoms with van der Waals surface area (Å²) >= 11 is 0. The van der Waals surface area contributed by atoms with Crippen LogP contribution < -0.4 is 20.3 Å². The van der Waals surface area contributed by atoms with E-state index in [0.717, 1.165) is 24.6 Å². The van der Waals surface area contributed by atoms with Crippen LogP contribution in [-0.2, 0) is 0 Å². The molecule has 27 heavy (non-hydrogen) atoms.